The molecule has 1 radical (unpaired) electrons. The van der Waals surface area contributed by atoms with Gasteiger partial charge in [-0.15, -0.1) is 12.1 Å². The van der Waals surface area contributed by atoms with Crippen LogP contribution in [0.15, 0.2) is 42.5 Å². The fourth-order valence-corrected chi connectivity index (χ4v) is 5.81. The van der Waals surface area contributed by atoms with Crippen LogP contribution < -0.4 is 4.74 Å². The molecular formula is C34H41IrN4O3-. The number of carboxylic acid groups (broad SMARTS) is 1. The molecule has 0 atom stereocenters. The van der Waals surface area contributed by atoms with Gasteiger partial charge in [0.15, 0.2) is 5.72 Å². The fraction of sp³-hybridized carbons (Fsp3) is 0.471. The number of aromatic nitrogens is 4. The van der Waals surface area contributed by atoms with Gasteiger partial charge in [-0.1, -0.05) is 68.4 Å². The molecule has 0 spiro atoms. The molecule has 8 heteroatoms. The van der Waals surface area contributed by atoms with Gasteiger partial charge in [-0.05, 0) is 82.1 Å². The Morgan fingerprint density at radius 1 is 1.00 bits per heavy atom. The van der Waals surface area contributed by atoms with Gasteiger partial charge in [-0.3, -0.25) is 4.98 Å². The van der Waals surface area contributed by atoms with Crippen molar-refractivity contribution in [2.45, 2.75) is 98.1 Å². The molecule has 1 aliphatic heterocycles. The number of aromatic carboxylic acids is 1. The Morgan fingerprint density at radius 3 is 2.14 bits per heavy atom. The van der Waals surface area contributed by atoms with Gasteiger partial charge in [0.1, 0.15) is 11.6 Å². The predicted octanol–water partition coefficient (Wildman–Crippen LogP) is 7.65. The van der Waals surface area contributed by atoms with Crippen molar-refractivity contribution < 1.29 is 37.5 Å². The smallest absolute Gasteiger partial charge is 0.354 e. The Labute approximate surface area is 265 Å². The summed E-state index contributed by atoms with van der Waals surface area (Å²) in [5.74, 6) is 0.179. The Balaban J connectivity index is 0.000000381. The number of carbonyl (C=O) groups is 1. The number of imidazole rings is 1. The molecule has 4 heterocycles. The number of hydrogen-bond donors (Lipinski definition) is 1. The van der Waals surface area contributed by atoms with Crippen LogP contribution in [0.1, 0.15) is 106 Å². The number of pyridine rings is 2. The predicted molar refractivity (Wildman–Crippen MR) is 161 cm³/mol. The van der Waals surface area contributed by atoms with E-state index in [-0.39, 0.29) is 47.5 Å². The molecule has 0 saturated heterocycles. The van der Waals surface area contributed by atoms with Crippen molar-refractivity contribution in [2.24, 2.45) is 5.41 Å². The number of benzene rings is 1. The van der Waals surface area contributed by atoms with Crippen molar-refractivity contribution in [1.29, 1.82) is 0 Å². The van der Waals surface area contributed by atoms with Crippen LogP contribution >= 0.6 is 0 Å². The van der Waals surface area contributed by atoms with E-state index in [4.69, 9.17) is 19.8 Å². The van der Waals surface area contributed by atoms with Crippen LogP contribution in [0.4, 0.5) is 0 Å². The molecule has 0 unspecified atom stereocenters. The fourth-order valence-electron chi connectivity index (χ4n) is 5.81. The number of carboxylic acids is 1. The molecule has 7 nitrogen and oxygen atoms in total. The first-order chi connectivity index (χ1) is 19.7. The number of fused-ring (bicyclic) bond motifs is 6. The molecule has 3 aromatic heterocycles. The van der Waals surface area contributed by atoms with Gasteiger partial charge in [-0.25, -0.2) is 9.78 Å². The minimum atomic E-state index is -0.990. The maximum Gasteiger partial charge on any atom is 0.354 e. The average molecular weight is 748 g/mol. The third kappa shape index (κ3) is 4.67. The molecule has 0 saturated carbocycles. The van der Waals surface area contributed by atoms with Gasteiger partial charge in [0, 0.05) is 26.3 Å². The second kappa shape index (κ2) is 9.99. The SMILES string of the molecule is O=C(O)c1ccccn1.[2H]c1c2c(c([2H])c3c1nc1n3C(C)(C)Oc3nc(C(C)(C)C)c[c-]c3-1)C(C)(C)C(C)(C)C2(C)C.[Ir]. The largest absolute Gasteiger partial charge is 0.498 e. The van der Waals surface area contributed by atoms with Gasteiger partial charge in [0.05, 0.1) is 19.6 Å². The quantitative estimate of drug-likeness (QED) is 0.201. The second-order valence-electron chi connectivity index (χ2n) is 14.1. The van der Waals surface area contributed by atoms with Gasteiger partial charge < -0.3 is 19.4 Å². The van der Waals surface area contributed by atoms with E-state index in [9.17, 15) is 7.54 Å². The van der Waals surface area contributed by atoms with Gasteiger partial charge in [-0.2, -0.15) is 0 Å². The summed E-state index contributed by atoms with van der Waals surface area (Å²) in [6, 6.07) is 10.9. The first-order valence-electron chi connectivity index (χ1n) is 15.0. The van der Waals surface area contributed by atoms with Crippen LogP contribution in [0, 0.1) is 11.5 Å². The molecule has 42 heavy (non-hydrogen) atoms. The van der Waals surface area contributed by atoms with Crippen molar-refractivity contribution in [1.82, 2.24) is 19.5 Å². The Morgan fingerprint density at radius 2 is 1.62 bits per heavy atom. The zero-order valence-electron chi connectivity index (χ0n) is 28.3. The molecule has 1 aliphatic carbocycles. The van der Waals surface area contributed by atoms with Crippen molar-refractivity contribution in [2.75, 3.05) is 0 Å². The molecular weight excluding hydrogens is 705 g/mol. The molecule has 6 rings (SSSR count). The number of nitrogens with zero attached hydrogens (tertiary/aromatic N) is 4. The average Bonchev–Trinajstić information content (AvgIpc) is 3.37. The number of hydrogen-bond acceptors (Lipinski definition) is 5. The second-order valence-corrected chi connectivity index (χ2v) is 14.1. The van der Waals surface area contributed by atoms with Gasteiger partial charge >= 0.3 is 5.97 Å². The van der Waals surface area contributed by atoms with Crippen molar-refractivity contribution in [3.05, 3.63) is 71.1 Å². The van der Waals surface area contributed by atoms with E-state index in [1.165, 1.54) is 12.3 Å². The summed E-state index contributed by atoms with van der Waals surface area (Å²) in [5.41, 5.74) is 3.11. The maximum atomic E-state index is 10.1. The molecule has 1 aromatic carbocycles. The third-order valence-electron chi connectivity index (χ3n) is 9.54. The third-order valence-corrected chi connectivity index (χ3v) is 9.54. The summed E-state index contributed by atoms with van der Waals surface area (Å²) in [6.45, 7) is 23.6. The van der Waals surface area contributed by atoms with E-state index in [1.807, 2.05) is 24.5 Å². The minimum absolute atomic E-state index is 0. The Kier molecular flexibility index (Phi) is 6.90. The van der Waals surface area contributed by atoms with Crippen LogP contribution in [-0.4, -0.2) is 30.6 Å². The molecule has 2 aliphatic rings. The van der Waals surface area contributed by atoms with E-state index in [1.54, 1.807) is 12.1 Å². The van der Waals surface area contributed by atoms with E-state index in [0.717, 1.165) is 16.8 Å². The first-order valence-corrected chi connectivity index (χ1v) is 14.0. The topological polar surface area (TPSA) is 90.1 Å². The van der Waals surface area contributed by atoms with E-state index >= 15 is 0 Å². The molecule has 0 bridgehead atoms. The van der Waals surface area contributed by atoms with Gasteiger partial charge in [0.25, 0.3) is 0 Å². The van der Waals surface area contributed by atoms with Gasteiger partial charge in [0.2, 0.25) is 0 Å². The van der Waals surface area contributed by atoms with Crippen molar-refractivity contribution in [3.63, 3.8) is 0 Å². The van der Waals surface area contributed by atoms with Crippen LogP contribution in [0.25, 0.3) is 22.4 Å². The standard InChI is InChI=1S/C28H36N3O.C6H5NO2.Ir/c1-24(2,3)21-13-12-16-22-29-19-14-17-18(26(6,7)27(8,9)25(17,4)5)15-20(19)31(22)28(10,11)32-23(16)30-21;8-6(9)5-3-1-2-4-7-5;/h13-15H,1-11H3;1-4H,(H,8,9);/q-1;;/i14D,15D;;. The van der Waals surface area contributed by atoms with Crippen LogP contribution in [0.2, 0.25) is 0 Å². The summed E-state index contributed by atoms with van der Waals surface area (Å²) < 4.78 is 27.2. The van der Waals surface area contributed by atoms with E-state index in [2.05, 4.69) is 73.4 Å². The minimum Gasteiger partial charge on any atom is -0.498 e. The normalized spacial score (nSPS) is 19.0. The summed E-state index contributed by atoms with van der Waals surface area (Å²) in [4.78, 5) is 23.5. The van der Waals surface area contributed by atoms with Crippen LogP contribution in [0.3, 0.4) is 0 Å². The first kappa shape index (κ1) is 29.0. The zero-order chi connectivity index (χ0) is 32.1. The van der Waals surface area contributed by atoms with E-state index in [0.29, 0.717) is 40.4 Å². The Bertz CT molecular complexity index is 1790. The Hall–Kier alpha value is -3.09. The molecule has 4 aromatic rings. The maximum absolute atomic E-state index is 10.1. The zero-order valence-corrected chi connectivity index (χ0v) is 28.7. The molecule has 225 valence electrons. The van der Waals surface area contributed by atoms with Crippen molar-refractivity contribution in [3.8, 4) is 17.3 Å². The summed E-state index contributed by atoms with van der Waals surface area (Å²) in [7, 11) is 0. The molecule has 1 N–H and O–H groups in total. The molecule has 0 amide bonds. The summed E-state index contributed by atoms with van der Waals surface area (Å²) in [6.07, 6.45) is 1.45. The molecule has 0 fully saturated rings. The number of rotatable bonds is 1. The van der Waals surface area contributed by atoms with Crippen molar-refractivity contribution >= 4 is 17.0 Å². The monoisotopic (exact) mass is 748 g/mol. The summed E-state index contributed by atoms with van der Waals surface area (Å²) in [5, 5.41) is 8.32. The van der Waals surface area contributed by atoms with E-state index < -0.39 is 11.7 Å². The van der Waals surface area contributed by atoms with Crippen LogP contribution in [-0.2, 0) is 42.1 Å². The number of ether oxygens (including phenoxy) is 1. The summed E-state index contributed by atoms with van der Waals surface area (Å²) >= 11 is 0. The van der Waals surface area contributed by atoms with Crippen LogP contribution in [0.5, 0.6) is 5.88 Å².